The van der Waals surface area contributed by atoms with Gasteiger partial charge < -0.3 is 43.8 Å². The second-order valence-corrected chi connectivity index (χ2v) is 5.70. The number of carboxylic acids is 1. The molecular weight excluding hydrogens is 362 g/mol. The van der Waals surface area contributed by atoms with E-state index in [1.807, 2.05) is 0 Å². The molecule has 0 bridgehead atoms. The third-order valence-corrected chi connectivity index (χ3v) is 3.41. The van der Waals surface area contributed by atoms with Crippen LogP contribution in [-0.4, -0.2) is 71.1 Å². The van der Waals surface area contributed by atoms with Crippen LogP contribution in [0, 0.1) is 0 Å². The van der Waals surface area contributed by atoms with Gasteiger partial charge >= 0.3 is 5.97 Å². The number of nitrogens with one attached hydrogen (secondary N) is 2. The topological polar surface area (TPSA) is 249 Å². The Morgan fingerprint density at radius 1 is 0.963 bits per heavy atom. The summed E-state index contributed by atoms with van der Waals surface area (Å²) in [6.07, 6.45) is 0.248. The van der Waals surface area contributed by atoms with Crippen LogP contribution < -0.4 is 33.6 Å². The van der Waals surface area contributed by atoms with Crippen molar-refractivity contribution in [3.05, 3.63) is 0 Å². The van der Waals surface area contributed by atoms with Crippen molar-refractivity contribution in [1.29, 1.82) is 0 Å². The summed E-state index contributed by atoms with van der Waals surface area (Å²) in [4.78, 5) is 49.9. The number of nitrogens with zero attached hydrogens (tertiary/aromatic N) is 1. The molecule has 0 spiro atoms. The van der Waals surface area contributed by atoms with Gasteiger partial charge in [-0.25, -0.2) is 4.79 Å². The SMILES string of the molecule is NC(=O)CCC(NC(=O)C(N)CCCN=C(N)N)C(=O)NC(CO)C(=O)O. The third kappa shape index (κ3) is 10.6. The molecule has 13 nitrogen and oxygen atoms in total. The molecule has 3 amide bonds. The summed E-state index contributed by atoms with van der Waals surface area (Å²) < 4.78 is 0. The minimum atomic E-state index is -1.56. The van der Waals surface area contributed by atoms with Crippen LogP contribution in [-0.2, 0) is 19.2 Å². The van der Waals surface area contributed by atoms with Gasteiger partial charge in [-0.1, -0.05) is 0 Å². The fraction of sp³-hybridized carbons (Fsp3) is 0.643. The van der Waals surface area contributed by atoms with E-state index in [9.17, 15) is 19.2 Å². The maximum absolute atomic E-state index is 12.2. The maximum Gasteiger partial charge on any atom is 0.328 e. The Morgan fingerprint density at radius 2 is 1.56 bits per heavy atom. The van der Waals surface area contributed by atoms with Crippen molar-refractivity contribution >= 4 is 29.7 Å². The first kappa shape index (κ1) is 24.1. The zero-order chi connectivity index (χ0) is 21.0. The molecule has 0 saturated carbocycles. The van der Waals surface area contributed by atoms with E-state index < -0.39 is 48.4 Å². The highest BCUT2D eigenvalue weighted by Gasteiger charge is 2.27. The molecule has 0 aliphatic heterocycles. The fourth-order valence-electron chi connectivity index (χ4n) is 1.94. The number of nitrogens with two attached hydrogens (primary N) is 4. The summed E-state index contributed by atoms with van der Waals surface area (Å²) in [6.45, 7) is -0.576. The van der Waals surface area contributed by atoms with Crippen LogP contribution in [0.25, 0.3) is 0 Å². The number of carbonyl (C=O) groups excluding carboxylic acids is 3. The van der Waals surface area contributed by atoms with Crippen molar-refractivity contribution in [2.24, 2.45) is 27.9 Å². The molecule has 12 N–H and O–H groups in total. The van der Waals surface area contributed by atoms with Crippen molar-refractivity contribution in [3.63, 3.8) is 0 Å². The van der Waals surface area contributed by atoms with Gasteiger partial charge in [0.1, 0.15) is 12.1 Å². The third-order valence-electron chi connectivity index (χ3n) is 3.41. The fourth-order valence-corrected chi connectivity index (χ4v) is 1.94. The molecule has 3 unspecified atom stereocenters. The lowest BCUT2D eigenvalue weighted by molar-refractivity contribution is -0.143. The van der Waals surface area contributed by atoms with Crippen molar-refractivity contribution in [3.8, 4) is 0 Å². The number of carbonyl (C=O) groups is 4. The number of guanidine groups is 1. The van der Waals surface area contributed by atoms with Crippen LogP contribution in [0.2, 0.25) is 0 Å². The first-order valence-corrected chi connectivity index (χ1v) is 8.12. The second-order valence-electron chi connectivity index (χ2n) is 5.70. The molecule has 0 radical (unpaired) electrons. The van der Waals surface area contributed by atoms with E-state index in [2.05, 4.69) is 15.6 Å². The van der Waals surface area contributed by atoms with Crippen molar-refractivity contribution in [2.45, 2.75) is 43.8 Å². The van der Waals surface area contributed by atoms with Crippen LogP contribution in [0.15, 0.2) is 4.99 Å². The summed E-state index contributed by atoms with van der Waals surface area (Å²) in [5.74, 6) is -3.82. The molecule has 13 heteroatoms. The molecule has 0 fully saturated rings. The smallest absolute Gasteiger partial charge is 0.328 e. The van der Waals surface area contributed by atoms with Gasteiger partial charge in [0, 0.05) is 13.0 Å². The van der Waals surface area contributed by atoms with Gasteiger partial charge in [-0.3, -0.25) is 19.4 Å². The standard InChI is InChI=1S/C14H27N7O6/c15-7(2-1-5-19-14(17)18)11(24)20-8(3-4-10(16)23)12(25)21-9(6-22)13(26)27/h7-9,22H,1-6,15H2,(H2,16,23)(H,20,24)(H,21,25)(H,26,27)(H4,17,18,19). The van der Waals surface area contributed by atoms with Crippen LogP contribution in [0.4, 0.5) is 0 Å². The number of hydrogen-bond donors (Lipinski definition) is 8. The summed E-state index contributed by atoms with van der Waals surface area (Å²) >= 11 is 0. The highest BCUT2D eigenvalue weighted by Crippen LogP contribution is 2.02. The van der Waals surface area contributed by atoms with E-state index in [4.69, 9.17) is 33.1 Å². The average Bonchev–Trinajstić information content (AvgIpc) is 2.58. The summed E-state index contributed by atoms with van der Waals surface area (Å²) in [5, 5.41) is 22.2. The van der Waals surface area contributed by atoms with Gasteiger partial charge in [0.05, 0.1) is 12.6 Å². The molecule has 154 valence electrons. The normalized spacial score (nSPS) is 13.7. The summed E-state index contributed by atoms with van der Waals surface area (Å²) in [7, 11) is 0. The Morgan fingerprint density at radius 3 is 2.04 bits per heavy atom. The molecule has 0 rings (SSSR count). The number of carboxylic acid groups (broad SMARTS) is 1. The molecule has 0 aromatic rings. The lowest BCUT2D eigenvalue weighted by Gasteiger charge is -2.22. The maximum atomic E-state index is 12.2. The minimum absolute atomic E-state index is 0.0897. The number of primary amides is 1. The predicted octanol–water partition coefficient (Wildman–Crippen LogP) is -4.32. The van der Waals surface area contributed by atoms with Gasteiger partial charge in [-0.05, 0) is 19.3 Å². The molecular formula is C14H27N7O6. The predicted molar refractivity (Wildman–Crippen MR) is 94.9 cm³/mol. The molecule has 27 heavy (non-hydrogen) atoms. The molecule has 0 heterocycles. The second kappa shape index (κ2) is 12.4. The Bertz CT molecular complexity index is 564. The first-order chi connectivity index (χ1) is 12.6. The summed E-state index contributed by atoms with van der Waals surface area (Å²) in [6, 6.07) is -3.78. The van der Waals surface area contributed by atoms with Gasteiger partial charge in [-0.2, -0.15) is 0 Å². The number of rotatable bonds is 13. The molecule has 0 aliphatic rings. The summed E-state index contributed by atoms with van der Waals surface area (Å²) in [5.41, 5.74) is 21.1. The number of hydrogen-bond acceptors (Lipinski definition) is 7. The lowest BCUT2D eigenvalue weighted by Crippen LogP contribution is -2.55. The van der Waals surface area contributed by atoms with E-state index in [0.717, 1.165) is 0 Å². The van der Waals surface area contributed by atoms with Crippen molar-refractivity contribution in [2.75, 3.05) is 13.2 Å². The number of aliphatic hydroxyl groups is 1. The molecule has 0 aromatic heterocycles. The first-order valence-electron chi connectivity index (χ1n) is 8.12. The van der Waals surface area contributed by atoms with E-state index in [1.165, 1.54) is 0 Å². The number of amides is 3. The quantitative estimate of drug-likeness (QED) is 0.0859. The van der Waals surface area contributed by atoms with Crippen LogP contribution in [0.5, 0.6) is 0 Å². The highest BCUT2D eigenvalue weighted by atomic mass is 16.4. The highest BCUT2D eigenvalue weighted by molar-refractivity contribution is 5.92. The monoisotopic (exact) mass is 389 g/mol. The molecule has 0 aromatic carbocycles. The number of aliphatic carboxylic acids is 1. The largest absolute Gasteiger partial charge is 0.480 e. The Kier molecular flexibility index (Phi) is 11.1. The van der Waals surface area contributed by atoms with E-state index >= 15 is 0 Å². The molecule has 3 atom stereocenters. The molecule has 0 aliphatic carbocycles. The lowest BCUT2D eigenvalue weighted by atomic mass is 10.1. The van der Waals surface area contributed by atoms with E-state index in [0.29, 0.717) is 6.42 Å². The van der Waals surface area contributed by atoms with Gasteiger partial charge in [0.2, 0.25) is 17.7 Å². The zero-order valence-corrected chi connectivity index (χ0v) is 14.8. The van der Waals surface area contributed by atoms with Crippen molar-refractivity contribution in [1.82, 2.24) is 10.6 Å². The molecule has 0 saturated heterocycles. The van der Waals surface area contributed by atoms with Gasteiger partial charge in [0.25, 0.3) is 0 Å². The van der Waals surface area contributed by atoms with Gasteiger partial charge in [0.15, 0.2) is 5.96 Å². The van der Waals surface area contributed by atoms with Crippen molar-refractivity contribution < 1.29 is 29.4 Å². The van der Waals surface area contributed by atoms with Gasteiger partial charge in [-0.15, -0.1) is 0 Å². The minimum Gasteiger partial charge on any atom is -0.480 e. The van der Waals surface area contributed by atoms with Crippen LogP contribution in [0.3, 0.4) is 0 Å². The number of aliphatic imine (C=N–C) groups is 1. The Labute approximate surface area is 155 Å². The van der Waals surface area contributed by atoms with E-state index in [-0.39, 0.29) is 31.8 Å². The Balaban J connectivity index is 4.84. The van der Waals surface area contributed by atoms with Crippen LogP contribution >= 0.6 is 0 Å². The van der Waals surface area contributed by atoms with Crippen LogP contribution in [0.1, 0.15) is 25.7 Å². The Hall–Kier alpha value is -2.93. The van der Waals surface area contributed by atoms with E-state index in [1.54, 1.807) is 0 Å². The zero-order valence-electron chi connectivity index (χ0n) is 14.8. The average molecular weight is 389 g/mol. The number of aliphatic hydroxyl groups excluding tert-OH is 1.